The topological polar surface area (TPSA) is 90.5 Å². The SMILES string of the molecule is CCN(c1cc(Cl)cc(C(=O)NCC2C(=O)NC(C)CC2C)c1C)C1CCC(NC(C)=O)CC1. The molecule has 3 atom stereocenters. The third kappa shape index (κ3) is 6.23. The van der Waals surface area contributed by atoms with Crippen molar-refractivity contribution >= 4 is 35.0 Å². The number of hydrogen-bond acceptors (Lipinski definition) is 4. The number of carbonyl (C=O) groups is 3. The number of nitrogens with one attached hydrogen (secondary N) is 3. The summed E-state index contributed by atoms with van der Waals surface area (Å²) in [7, 11) is 0. The molecule has 3 amide bonds. The Balaban J connectivity index is 1.72. The van der Waals surface area contributed by atoms with E-state index >= 15 is 0 Å². The van der Waals surface area contributed by atoms with Crippen molar-refractivity contribution in [3.8, 4) is 0 Å². The van der Waals surface area contributed by atoms with Crippen LogP contribution in [0.15, 0.2) is 12.1 Å². The van der Waals surface area contributed by atoms with Gasteiger partial charge in [-0.25, -0.2) is 0 Å². The lowest BCUT2D eigenvalue weighted by molar-refractivity contribution is -0.129. The summed E-state index contributed by atoms with van der Waals surface area (Å²) in [5, 5.41) is 9.52. The first kappa shape index (κ1) is 26.3. The van der Waals surface area contributed by atoms with Gasteiger partial charge >= 0.3 is 0 Å². The van der Waals surface area contributed by atoms with Crippen LogP contribution in [0.5, 0.6) is 0 Å². The molecule has 1 saturated heterocycles. The Morgan fingerprint density at radius 2 is 1.85 bits per heavy atom. The van der Waals surface area contributed by atoms with Crippen LogP contribution in [-0.2, 0) is 9.59 Å². The molecule has 3 N–H and O–H groups in total. The number of hydrogen-bond donors (Lipinski definition) is 3. The largest absolute Gasteiger partial charge is 0.369 e. The summed E-state index contributed by atoms with van der Waals surface area (Å²) in [5.74, 6) is -0.201. The maximum absolute atomic E-state index is 13.2. The summed E-state index contributed by atoms with van der Waals surface area (Å²) in [5.41, 5.74) is 2.41. The maximum atomic E-state index is 13.2. The normalized spacial score (nSPS) is 27.0. The predicted molar refractivity (Wildman–Crippen MR) is 136 cm³/mol. The fourth-order valence-electron chi connectivity index (χ4n) is 5.62. The summed E-state index contributed by atoms with van der Waals surface area (Å²) in [6.07, 6.45) is 4.73. The third-order valence-electron chi connectivity index (χ3n) is 7.40. The predicted octanol–water partition coefficient (Wildman–Crippen LogP) is 3.81. The fraction of sp³-hybridized carbons (Fsp3) is 0.654. The van der Waals surface area contributed by atoms with Crippen molar-refractivity contribution in [2.75, 3.05) is 18.0 Å². The maximum Gasteiger partial charge on any atom is 0.251 e. The molecule has 2 fully saturated rings. The number of nitrogens with zero attached hydrogens (tertiary/aromatic N) is 1. The minimum atomic E-state index is -0.231. The zero-order valence-corrected chi connectivity index (χ0v) is 21.8. The second kappa shape index (κ2) is 11.4. The van der Waals surface area contributed by atoms with Gasteiger partial charge < -0.3 is 20.9 Å². The van der Waals surface area contributed by atoms with Gasteiger partial charge in [-0.1, -0.05) is 18.5 Å². The molecule has 1 aliphatic carbocycles. The summed E-state index contributed by atoms with van der Waals surface area (Å²) < 4.78 is 0. The fourth-order valence-corrected chi connectivity index (χ4v) is 5.84. The van der Waals surface area contributed by atoms with Crippen molar-refractivity contribution in [1.82, 2.24) is 16.0 Å². The van der Waals surface area contributed by atoms with E-state index in [4.69, 9.17) is 11.6 Å². The summed E-state index contributed by atoms with van der Waals surface area (Å²) in [6, 6.07) is 4.38. The van der Waals surface area contributed by atoms with Crippen LogP contribution in [0.4, 0.5) is 5.69 Å². The average Bonchev–Trinajstić information content (AvgIpc) is 2.76. The van der Waals surface area contributed by atoms with Crippen LogP contribution in [-0.4, -0.2) is 48.9 Å². The molecule has 1 aliphatic heterocycles. The highest BCUT2D eigenvalue weighted by atomic mass is 35.5. The molecule has 0 radical (unpaired) electrons. The zero-order valence-electron chi connectivity index (χ0n) is 21.0. The van der Waals surface area contributed by atoms with E-state index in [1.807, 2.05) is 19.9 Å². The van der Waals surface area contributed by atoms with E-state index in [2.05, 4.69) is 34.7 Å². The smallest absolute Gasteiger partial charge is 0.251 e. The molecule has 1 aromatic rings. The molecule has 34 heavy (non-hydrogen) atoms. The van der Waals surface area contributed by atoms with E-state index in [9.17, 15) is 14.4 Å². The minimum Gasteiger partial charge on any atom is -0.369 e. The van der Waals surface area contributed by atoms with Gasteiger partial charge in [-0.05, 0) is 76.5 Å². The van der Waals surface area contributed by atoms with Crippen LogP contribution in [0.3, 0.4) is 0 Å². The molecule has 3 unspecified atom stereocenters. The summed E-state index contributed by atoms with van der Waals surface area (Å²) in [6.45, 7) is 10.8. The monoisotopic (exact) mass is 490 g/mol. The van der Waals surface area contributed by atoms with Crippen molar-refractivity contribution < 1.29 is 14.4 Å². The second-order valence-corrected chi connectivity index (χ2v) is 10.5. The number of amides is 3. The molecular weight excluding hydrogens is 452 g/mol. The summed E-state index contributed by atoms with van der Waals surface area (Å²) >= 11 is 6.48. The molecule has 1 saturated carbocycles. The Hall–Kier alpha value is -2.28. The van der Waals surface area contributed by atoms with Gasteiger partial charge in [-0.15, -0.1) is 0 Å². The van der Waals surface area contributed by atoms with Gasteiger partial charge in [-0.2, -0.15) is 0 Å². The van der Waals surface area contributed by atoms with E-state index < -0.39 is 0 Å². The molecule has 8 heteroatoms. The number of carbonyl (C=O) groups excluding carboxylic acids is 3. The lowest BCUT2D eigenvalue weighted by Gasteiger charge is -2.39. The molecule has 0 aromatic heterocycles. The highest BCUT2D eigenvalue weighted by Crippen LogP contribution is 2.33. The van der Waals surface area contributed by atoms with Crippen molar-refractivity contribution in [2.45, 2.75) is 84.8 Å². The second-order valence-electron chi connectivity index (χ2n) is 10.0. The van der Waals surface area contributed by atoms with Crippen LogP contribution in [0.1, 0.15) is 75.7 Å². The van der Waals surface area contributed by atoms with E-state index in [1.165, 1.54) is 0 Å². The molecule has 3 rings (SSSR count). The van der Waals surface area contributed by atoms with Crippen LogP contribution in [0, 0.1) is 18.8 Å². The summed E-state index contributed by atoms with van der Waals surface area (Å²) in [4.78, 5) is 39.3. The molecule has 2 aliphatic rings. The Kier molecular flexibility index (Phi) is 8.85. The molecule has 0 spiro atoms. The van der Waals surface area contributed by atoms with Crippen LogP contribution >= 0.6 is 11.6 Å². The highest BCUT2D eigenvalue weighted by Gasteiger charge is 2.33. The standard InChI is InChI=1S/C26H39ClN4O3/c1-6-31(21-9-7-20(8-10-21)30-18(5)32)24-13-19(27)12-22(17(24)4)25(33)28-14-23-15(2)11-16(3)29-26(23)34/h12-13,15-16,20-21,23H,6-11,14H2,1-5H3,(H,28,33)(H,29,34)(H,30,32). The van der Waals surface area contributed by atoms with E-state index in [1.54, 1.807) is 13.0 Å². The quantitative estimate of drug-likeness (QED) is 0.542. The van der Waals surface area contributed by atoms with E-state index in [0.717, 1.165) is 49.9 Å². The van der Waals surface area contributed by atoms with Gasteiger partial charge in [-0.3, -0.25) is 14.4 Å². The Morgan fingerprint density at radius 1 is 1.18 bits per heavy atom. The lowest BCUT2D eigenvalue weighted by Crippen LogP contribution is -2.50. The molecule has 1 aromatic carbocycles. The molecule has 1 heterocycles. The first-order chi connectivity index (χ1) is 16.1. The van der Waals surface area contributed by atoms with E-state index in [0.29, 0.717) is 23.2 Å². The molecule has 188 valence electrons. The molecule has 0 bridgehead atoms. The van der Waals surface area contributed by atoms with Crippen LogP contribution in [0.2, 0.25) is 5.02 Å². The minimum absolute atomic E-state index is 0.00192. The van der Waals surface area contributed by atoms with E-state index in [-0.39, 0.29) is 41.6 Å². The first-order valence-electron chi connectivity index (χ1n) is 12.5. The van der Waals surface area contributed by atoms with Gasteiger partial charge in [0.15, 0.2) is 0 Å². The molecule has 7 nitrogen and oxygen atoms in total. The number of anilines is 1. The van der Waals surface area contributed by atoms with Crippen molar-refractivity contribution in [2.24, 2.45) is 11.8 Å². The Morgan fingerprint density at radius 3 is 2.44 bits per heavy atom. The number of benzene rings is 1. The number of piperidine rings is 1. The molecular formula is C26H39ClN4O3. The van der Waals surface area contributed by atoms with Crippen molar-refractivity contribution in [1.29, 1.82) is 0 Å². The van der Waals surface area contributed by atoms with Crippen molar-refractivity contribution in [3.63, 3.8) is 0 Å². The van der Waals surface area contributed by atoms with Gasteiger partial charge in [0, 0.05) is 54.4 Å². The van der Waals surface area contributed by atoms with Crippen molar-refractivity contribution in [3.05, 3.63) is 28.3 Å². The van der Waals surface area contributed by atoms with Gasteiger partial charge in [0.1, 0.15) is 0 Å². The van der Waals surface area contributed by atoms with Gasteiger partial charge in [0.2, 0.25) is 11.8 Å². The Bertz CT molecular complexity index is 914. The van der Waals surface area contributed by atoms with Gasteiger partial charge in [0.05, 0.1) is 5.92 Å². The average molecular weight is 491 g/mol. The highest BCUT2D eigenvalue weighted by molar-refractivity contribution is 6.31. The first-order valence-corrected chi connectivity index (χ1v) is 12.9. The van der Waals surface area contributed by atoms with Crippen LogP contribution in [0.25, 0.3) is 0 Å². The van der Waals surface area contributed by atoms with Crippen LogP contribution < -0.4 is 20.9 Å². The number of halogens is 1. The number of rotatable bonds is 7. The lowest BCUT2D eigenvalue weighted by atomic mass is 9.84. The van der Waals surface area contributed by atoms with Gasteiger partial charge in [0.25, 0.3) is 5.91 Å². The zero-order chi connectivity index (χ0) is 25.0. The Labute approximate surface area is 208 Å². The third-order valence-corrected chi connectivity index (χ3v) is 7.62.